The molecule has 0 fully saturated rings. The molecule has 2 N–H and O–H groups in total. The number of aryl methyl sites for hydroxylation is 2. The van der Waals surface area contributed by atoms with E-state index in [1.807, 2.05) is 30.5 Å². The predicted molar refractivity (Wildman–Crippen MR) is 85.6 cm³/mol. The van der Waals surface area contributed by atoms with Gasteiger partial charge in [-0.2, -0.15) is 5.26 Å². The van der Waals surface area contributed by atoms with Gasteiger partial charge in [-0.05, 0) is 43.2 Å². The Bertz CT molecular complexity index is 994. The fourth-order valence-electron chi connectivity index (χ4n) is 2.89. The largest absolute Gasteiger partial charge is 0.507 e. The van der Waals surface area contributed by atoms with Gasteiger partial charge in [-0.3, -0.25) is 0 Å². The molecule has 5 heteroatoms. The minimum absolute atomic E-state index is 0.150. The van der Waals surface area contributed by atoms with E-state index in [-0.39, 0.29) is 11.3 Å². The summed E-state index contributed by atoms with van der Waals surface area (Å²) in [5, 5.41) is 28.3. The SMILES string of the molecule is Cc1cc(C)c2c(C#N)cc(-c3ccc(C(=O)O)c(O)c3)n2c1. The highest BCUT2D eigenvalue weighted by atomic mass is 16.4. The number of aromatic hydroxyl groups is 1. The summed E-state index contributed by atoms with van der Waals surface area (Å²) in [6.07, 6.45) is 1.92. The summed E-state index contributed by atoms with van der Waals surface area (Å²) in [5.74, 6) is -1.48. The minimum atomic E-state index is -1.18. The minimum Gasteiger partial charge on any atom is -0.507 e. The van der Waals surface area contributed by atoms with Crippen molar-refractivity contribution in [1.29, 1.82) is 5.26 Å². The lowest BCUT2D eigenvalue weighted by Gasteiger charge is -2.08. The van der Waals surface area contributed by atoms with E-state index in [2.05, 4.69) is 6.07 Å². The van der Waals surface area contributed by atoms with Crippen molar-refractivity contribution in [2.45, 2.75) is 13.8 Å². The zero-order chi connectivity index (χ0) is 16.7. The number of nitriles is 1. The Morgan fingerprint density at radius 1 is 1.22 bits per heavy atom. The second kappa shape index (κ2) is 5.18. The first-order valence-electron chi connectivity index (χ1n) is 7.01. The molecule has 1 aromatic carbocycles. The summed E-state index contributed by atoms with van der Waals surface area (Å²) in [5.41, 5.74) is 4.61. The Kier molecular flexibility index (Phi) is 3.30. The van der Waals surface area contributed by atoms with Gasteiger partial charge >= 0.3 is 5.97 Å². The highest BCUT2D eigenvalue weighted by molar-refractivity contribution is 5.92. The van der Waals surface area contributed by atoms with Crippen molar-refractivity contribution in [1.82, 2.24) is 4.40 Å². The lowest BCUT2D eigenvalue weighted by molar-refractivity contribution is 0.0694. The van der Waals surface area contributed by atoms with Crippen molar-refractivity contribution >= 4 is 11.5 Å². The number of hydrogen-bond acceptors (Lipinski definition) is 3. The number of rotatable bonds is 2. The van der Waals surface area contributed by atoms with Gasteiger partial charge in [0.2, 0.25) is 0 Å². The fourth-order valence-corrected chi connectivity index (χ4v) is 2.89. The monoisotopic (exact) mass is 306 g/mol. The Morgan fingerprint density at radius 2 is 1.96 bits per heavy atom. The third-order valence-corrected chi connectivity index (χ3v) is 3.83. The topological polar surface area (TPSA) is 85.7 Å². The van der Waals surface area contributed by atoms with Gasteiger partial charge in [-0.1, -0.05) is 12.1 Å². The molecule has 0 aliphatic rings. The maximum Gasteiger partial charge on any atom is 0.339 e. The van der Waals surface area contributed by atoms with Crippen LogP contribution in [0.3, 0.4) is 0 Å². The van der Waals surface area contributed by atoms with Crippen LogP contribution in [0.15, 0.2) is 36.5 Å². The standard InChI is InChI=1S/C18H14N2O3/c1-10-5-11(2)17-13(8-19)6-15(20(17)9-10)12-3-4-14(18(22)23)16(21)7-12/h3-7,9,21H,1-2H3,(H,22,23). The average Bonchev–Trinajstić information content (AvgIpc) is 2.85. The lowest BCUT2D eigenvalue weighted by Crippen LogP contribution is -1.97. The van der Waals surface area contributed by atoms with Crippen molar-refractivity contribution in [3.63, 3.8) is 0 Å². The molecule has 0 radical (unpaired) electrons. The number of aromatic nitrogens is 1. The quantitative estimate of drug-likeness (QED) is 0.758. The van der Waals surface area contributed by atoms with Gasteiger partial charge in [0.25, 0.3) is 0 Å². The number of carboxylic acids is 1. The molecule has 0 aliphatic heterocycles. The third-order valence-electron chi connectivity index (χ3n) is 3.83. The van der Waals surface area contributed by atoms with Crippen LogP contribution in [0.25, 0.3) is 16.8 Å². The number of carbonyl (C=O) groups is 1. The number of benzene rings is 1. The summed E-state index contributed by atoms with van der Waals surface area (Å²) >= 11 is 0. The molecule has 0 unspecified atom stereocenters. The Hall–Kier alpha value is -3.26. The first-order valence-corrected chi connectivity index (χ1v) is 7.01. The molecule has 0 bridgehead atoms. The van der Waals surface area contributed by atoms with Gasteiger partial charge in [-0.15, -0.1) is 0 Å². The van der Waals surface area contributed by atoms with Crippen LogP contribution in [-0.4, -0.2) is 20.6 Å². The molecule has 114 valence electrons. The molecule has 23 heavy (non-hydrogen) atoms. The molecule has 3 aromatic rings. The van der Waals surface area contributed by atoms with Gasteiger partial charge in [0.05, 0.1) is 16.8 Å². The molecule has 2 aromatic heterocycles. The van der Waals surface area contributed by atoms with Gasteiger partial charge in [0.15, 0.2) is 0 Å². The maximum atomic E-state index is 11.0. The van der Waals surface area contributed by atoms with E-state index < -0.39 is 5.97 Å². The molecule has 0 spiro atoms. The predicted octanol–water partition coefficient (Wildman–Crippen LogP) is 3.50. The Balaban J connectivity index is 2.31. The van der Waals surface area contributed by atoms with E-state index in [0.717, 1.165) is 22.3 Å². The second-order valence-electron chi connectivity index (χ2n) is 5.51. The number of hydrogen-bond donors (Lipinski definition) is 2. The van der Waals surface area contributed by atoms with Crippen molar-refractivity contribution in [2.24, 2.45) is 0 Å². The molecular formula is C18H14N2O3. The second-order valence-corrected chi connectivity index (χ2v) is 5.51. The Morgan fingerprint density at radius 3 is 2.57 bits per heavy atom. The van der Waals surface area contributed by atoms with Gasteiger partial charge < -0.3 is 14.6 Å². The normalized spacial score (nSPS) is 10.7. The zero-order valence-corrected chi connectivity index (χ0v) is 12.7. The van der Waals surface area contributed by atoms with Crippen LogP contribution in [0.2, 0.25) is 0 Å². The number of aromatic carboxylic acids is 1. The van der Waals surface area contributed by atoms with Gasteiger partial charge in [-0.25, -0.2) is 4.79 Å². The van der Waals surface area contributed by atoms with E-state index in [4.69, 9.17) is 5.11 Å². The van der Waals surface area contributed by atoms with Crippen molar-refractivity contribution in [3.05, 3.63) is 58.8 Å². The molecule has 0 aliphatic carbocycles. The number of carboxylic acid groups (broad SMARTS) is 1. The number of fused-ring (bicyclic) bond motifs is 1. The van der Waals surface area contributed by atoms with Crippen LogP contribution < -0.4 is 0 Å². The van der Waals surface area contributed by atoms with Crippen LogP contribution in [0, 0.1) is 25.2 Å². The number of phenols is 1. The molecule has 3 rings (SSSR count). The average molecular weight is 306 g/mol. The summed E-state index contributed by atoms with van der Waals surface area (Å²) < 4.78 is 1.90. The van der Waals surface area contributed by atoms with E-state index in [0.29, 0.717) is 11.1 Å². The zero-order valence-electron chi connectivity index (χ0n) is 12.7. The molecular weight excluding hydrogens is 292 g/mol. The third kappa shape index (κ3) is 2.30. The van der Waals surface area contributed by atoms with E-state index in [9.17, 15) is 15.2 Å². The van der Waals surface area contributed by atoms with Gasteiger partial charge in [0, 0.05) is 11.8 Å². The molecule has 0 saturated heterocycles. The summed E-state index contributed by atoms with van der Waals surface area (Å²) in [4.78, 5) is 11.0. The maximum absolute atomic E-state index is 11.0. The molecule has 2 heterocycles. The van der Waals surface area contributed by atoms with Crippen LogP contribution >= 0.6 is 0 Å². The summed E-state index contributed by atoms with van der Waals surface area (Å²) in [6.45, 7) is 3.91. The first-order chi connectivity index (χ1) is 10.9. The highest BCUT2D eigenvalue weighted by Crippen LogP contribution is 2.31. The van der Waals surface area contributed by atoms with Crippen LogP contribution in [-0.2, 0) is 0 Å². The number of pyridine rings is 1. The van der Waals surface area contributed by atoms with E-state index in [1.54, 1.807) is 12.1 Å². The first kappa shape index (κ1) is 14.7. The Labute approximate surface area is 132 Å². The highest BCUT2D eigenvalue weighted by Gasteiger charge is 2.16. The lowest BCUT2D eigenvalue weighted by atomic mass is 10.1. The smallest absolute Gasteiger partial charge is 0.339 e. The van der Waals surface area contributed by atoms with Crippen LogP contribution in [0.1, 0.15) is 27.0 Å². The van der Waals surface area contributed by atoms with Crippen molar-refractivity contribution < 1.29 is 15.0 Å². The summed E-state index contributed by atoms with van der Waals surface area (Å²) in [6, 6.07) is 10.3. The molecule has 0 amide bonds. The summed E-state index contributed by atoms with van der Waals surface area (Å²) in [7, 11) is 0. The van der Waals surface area contributed by atoms with Crippen molar-refractivity contribution in [3.8, 4) is 23.1 Å². The van der Waals surface area contributed by atoms with E-state index >= 15 is 0 Å². The van der Waals surface area contributed by atoms with E-state index in [1.165, 1.54) is 12.1 Å². The fraction of sp³-hybridized carbons (Fsp3) is 0.111. The van der Waals surface area contributed by atoms with Crippen LogP contribution in [0.5, 0.6) is 5.75 Å². The van der Waals surface area contributed by atoms with Crippen LogP contribution in [0.4, 0.5) is 0 Å². The molecule has 5 nitrogen and oxygen atoms in total. The van der Waals surface area contributed by atoms with Gasteiger partial charge in [0.1, 0.15) is 17.4 Å². The van der Waals surface area contributed by atoms with Crippen molar-refractivity contribution in [2.75, 3.05) is 0 Å². The molecule has 0 atom stereocenters. The number of nitrogens with zero attached hydrogens (tertiary/aromatic N) is 2. The molecule has 0 saturated carbocycles.